The maximum absolute atomic E-state index is 12.7. The molecular weight excluding hydrogens is 342 g/mol. The fraction of sp³-hybridized carbons (Fsp3) is 0.450. The lowest BCUT2D eigenvalue weighted by Crippen LogP contribution is -2.52. The summed E-state index contributed by atoms with van der Waals surface area (Å²) in [6.07, 6.45) is -0.505. The second kappa shape index (κ2) is 8.70. The first-order chi connectivity index (χ1) is 13.1. The molecule has 0 radical (unpaired) electrons. The number of hydrogen-bond donors (Lipinski definition) is 1. The van der Waals surface area contributed by atoms with Crippen molar-refractivity contribution in [3.63, 3.8) is 0 Å². The van der Waals surface area contributed by atoms with Gasteiger partial charge in [0.15, 0.2) is 6.10 Å². The molecule has 1 aromatic heterocycles. The van der Waals surface area contributed by atoms with Crippen LogP contribution in [0.4, 0.5) is 11.8 Å². The number of nitrogens with one attached hydrogen (secondary N) is 1. The normalized spacial score (nSPS) is 15.4. The molecule has 0 saturated carbocycles. The molecule has 2 aromatic rings. The predicted octanol–water partition coefficient (Wildman–Crippen LogP) is 2.33. The van der Waals surface area contributed by atoms with Gasteiger partial charge in [0, 0.05) is 44.5 Å². The largest absolute Gasteiger partial charge is 0.481 e. The SMILES string of the molecule is CCNc1cc(C)nc(N2CCN(C(=O)C(C)Oc3ccccc3)CC2)n1. The van der Waals surface area contributed by atoms with E-state index in [4.69, 9.17) is 4.74 Å². The second-order valence-electron chi connectivity index (χ2n) is 6.61. The number of piperazine rings is 1. The van der Waals surface area contributed by atoms with E-state index in [0.29, 0.717) is 37.9 Å². The monoisotopic (exact) mass is 369 g/mol. The number of anilines is 2. The van der Waals surface area contributed by atoms with Crippen molar-refractivity contribution in [2.75, 3.05) is 42.9 Å². The van der Waals surface area contributed by atoms with Crippen LogP contribution in [-0.2, 0) is 4.79 Å². The fourth-order valence-electron chi connectivity index (χ4n) is 3.10. The molecule has 27 heavy (non-hydrogen) atoms. The van der Waals surface area contributed by atoms with E-state index in [1.54, 1.807) is 6.92 Å². The second-order valence-corrected chi connectivity index (χ2v) is 6.61. The highest BCUT2D eigenvalue weighted by atomic mass is 16.5. The number of nitrogens with zero attached hydrogens (tertiary/aromatic N) is 4. The van der Waals surface area contributed by atoms with Crippen LogP contribution in [0.15, 0.2) is 36.4 Å². The highest BCUT2D eigenvalue weighted by Gasteiger charge is 2.27. The van der Waals surface area contributed by atoms with E-state index < -0.39 is 6.10 Å². The molecule has 1 aliphatic rings. The van der Waals surface area contributed by atoms with Crippen LogP contribution in [0, 0.1) is 6.92 Å². The van der Waals surface area contributed by atoms with Gasteiger partial charge in [-0.05, 0) is 32.9 Å². The molecule has 1 aliphatic heterocycles. The number of carbonyl (C=O) groups is 1. The third-order valence-electron chi connectivity index (χ3n) is 4.48. The Hall–Kier alpha value is -2.83. The van der Waals surface area contributed by atoms with E-state index in [2.05, 4.69) is 20.2 Å². The third-order valence-corrected chi connectivity index (χ3v) is 4.48. The molecule has 1 atom stereocenters. The number of aryl methyl sites for hydroxylation is 1. The van der Waals surface area contributed by atoms with Crippen LogP contribution in [0.5, 0.6) is 5.75 Å². The number of hydrogen-bond acceptors (Lipinski definition) is 6. The van der Waals surface area contributed by atoms with E-state index in [-0.39, 0.29) is 5.91 Å². The number of para-hydroxylation sites is 1. The van der Waals surface area contributed by atoms with Crippen LogP contribution < -0.4 is 15.0 Å². The molecule has 3 rings (SSSR count). The average Bonchev–Trinajstić information content (AvgIpc) is 2.68. The van der Waals surface area contributed by atoms with Crippen molar-refractivity contribution in [3.05, 3.63) is 42.1 Å². The van der Waals surface area contributed by atoms with Gasteiger partial charge in [-0.15, -0.1) is 0 Å². The van der Waals surface area contributed by atoms with Gasteiger partial charge >= 0.3 is 0 Å². The summed E-state index contributed by atoms with van der Waals surface area (Å²) < 4.78 is 5.76. The number of carbonyl (C=O) groups excluding carboxylic acids is 1. The summed E-state index contributed by atoms with van der Waals surface area (Å²) in [6.45, 7) is 9.31. The lowest BCUT2D eigenvalue weighted by Gasteiger charge is -2.36. The average molecular weight is 369 g/mol. The maximum atomic E-state index is 12.7. The van der Waals surface area contributed by atoms with Crippen LogP contribution in [0.3, 0.4) is 0 Å². The van der Waals surface area contributed by atoms with Crippen molar-refractivity contribution in [1.82, 2.24) is 14.9 Å². The first-order valence-electron chi connectivity index (χ1n) is 9.42. The van der Waals surface area contributed by atoms with Crippen LogP contribution in [0.2, 0.25) is 0 Å². The van der Waals surface area contributed by atoms with Crippen molar-refractivity contribution < 1.29 is 9.53 Å². The minimum absolute atomic E-state index is 0.0111. The van der Waals surface area contributed by atoms with E-state index in [1.807, 2.05) is 55.1 Å². The van der Waals surface area contributed by atoms with Crippen molar-refractivity contribution in [1.29, 1.82) is 0 Å². The van der Waals surface area contributed by atoms with E-state index in [0.717, 1.165) is 18.1 Å². The molecule has 1 saturated heterocycles. The first-order valence-corrected chi connectivity index (χ1v) is 9.42. The van der Waals surface area contributed by atoms with Gasteiger partial charge < -0.3 is 19.9 Å². The summed E-state index contributed by atoms with van der Waals surface area (Å²) >= 11 is 0. The lowest BCUT2D eigenvalue weighted by molar-refractivity contribution is -0.138. The van der Waals surface area contributed by atoms with Crippen molar-refractivity contribution in [3.8, 4) is 5.75 Å². The minimum Gasteiger partial charge on any atom is -0.481 e. The molecule has 7 heteroatoms. The summed E-state index contributed by atoms with van der Waals surface area (Å²) in [7, 11) is 0. The zero-order valence-electron chi connectivity index (χ0n) is 16.2. The van der Waals surface area contributed by atoms with Crippen molar-refractivity contribution in [2.24, 2.45) is 0 Å². The molecule has 1 unspecified atom stereocenters. The van der Waals surface area contributed by atoms with Gasteiger partial charge in [-0.25, -0.2) is 4.98 Å². The Kier molecular flexibility index (Phi) is 6.11. The highest BCUT2D eigenvalue weighted by Crippen LogP contribution is 2.17. The number of amides is 1. The summed E-state index contributed by atoms with van der Waals surface area (Å²) in [5.74, 6) is 2.27. The minimum atomic E-state index is -0.505. The number of ether oxygens (including phenoxy) is 1. The highest BCUT2D eigenvalue weighted by molar-refractivity contribution is 5.81. The topological polar surface area (TPSA) is 70.6 Å². The van der Waals surface area contributed by atoms with Crippen molar-refractivity contribution >= 4 is 17.7 Å². The molecule has 0 aliphatic carbocycles. The van der Waals surface area contributed by atoms with E-state index in [9.17, 15) is 4.79 Å². The fourth-order valence-corrected chi connectivity index (χ4v) is 3.10. The Morgan fingerprint density at radius 2 is 1.89 bits per heavy atom. The van der Waals surface area contributed by atoms with Crippen LogP contribution in [0.1, 0.15) is 19.5 Å². The molecule has 1 fully saturated rings. The quantitative estimate of drug-likeness (QED) is 0.843. The van der Waals surface area contributed by atoms with Crippen LogP contribution >= 0.6 is 0 Å². The van der Waals surface area contributed by atoms with Gasteiger partial charge in [0.1, 0.15) is 11.6 Å². The molecule has 0 spiro atoms. The van der Waals surface area contributed by atoms with Gasteiger partial charge in [0.05, 0.1) is 0 Å². The smallest absolute Gasteiger partial charge is 0.263 e. The van der Waals surface area contributed by atoms with Gasteiger partial charge in [0.25, 0.3) is 5.91 Å². The van der Waals surface area contributed by atoms with Gasteiger partial charge in [-0.1, -0.05) is 18.2 Å². The molecule has 1 aromatic carbocycles. The number of benzene rings is 1. The Labute approximate surface area is 160 Å². The van der Waals surface area contributed by atoms with Gasteiger partial charge in [0.2, 0.25) is 5.95 Å². The molecule has 1 amide bonds. The molecule has 144 valence electrons. The Morgan fingerprint density at radius 1 is 1.19 bits per heavy atom. The van der Waals surface area contributed by atoms with Crippen LogP contribution in [0.25, 0.3) is 0 Å². The van der Waals surface area contributed by atoms with Gasteiger partial charge in [-0.2, -0.15) is 4.98 Å². The zero-order valence-corrected chi connectivity index (χ0v) is 16.2. The standard InChI is InChI=1S/C20H27N5O2/c1-4-21-18-14-15(2)22-20(23-18)25-12-10-24(11-13-25)19(26)16(3)27-17-8-6-5-7-9-17/h5-9,14,16H,4,10-13H2,1-3H3,(H,21,22,23). The summed E-state index contributed by atoms with van der Waals surface area (Å²) in [6, 6.07) is 11.4. The zero-order chi connectivity index (χ0) is 19.2. The molecule has 2 heterocycles. The Balaban J connectivity index is 1.57. The first kappa shape index (κ1) is 18.9. The molecule has 7 nitrogen and oxygen atoms in total. The predicted molar refractivity (Wildman–Crippen MR) is 106 cm³/mol. The summed E-state index contributed by atoms with van der Waals surface area (Å²) in [4.78, 5) is 25.8. The molecular formula is C20H27N5O2. The van der Waals surface area contributed by atoms with E-state index in [1.165, 1.54) is 0 Å². The number of aromatic nitrogens is 2. The molecule has 0 bridgehead atoms. The van der Waals surface area contributed by atoms with Gasteiger partial charge in [-0.3, -0.25) is 4.79 Å². The lowest BCUT2D eigenvalue weighted by atomic mass is 10.2. The van der Waals surface area contributed by atoms with Crippen molar-refractivity contribution in [2.45, 2.75) is 26.9 Å². The van der Waals surface area contributed by atoms with E-state index >= 15 is 0 Å². The Morgan fingerprint density at radius 3 is 2.56 bits per heavy atom. The Bertz CT molecular complexity index is 760. The third kappa shape index (κ3) is 4.87. The van der Waals surface area contributed by atoms with Crippen LogP contribution in [-0.4, -0.2) is 59.6 Å². The summed E-state index contributed by atoms with van der Waals surface area (Å²) in [5, 5.41) is 3.23. The maximum Gasteiger partial charge on any atom is 0.263 e. The number of rotatable bonds is 6. The summed E-state index contributed by atoms with van der Waals surface area (Å²) in [5.41, 5.74) is 0.930. The molecule has 1 N–H and O–H groups in total.